The molecule has 1 saturated carbocycles. The van der Waals surface area contributed by atoms with E-state index in [9.17, 15) is 14.7 Å². The van der Waals surface area contributed by atoms with Crippen LogP contribution in [0.25, 0.3) is 0 Å². The molecule has 1 aliphatic rings. The van der Waals surface area contributed by atoms with Gasteiger partial charge in [0, 0.05) is 18.1 Å². The zero-order chi connectivity index (χ0) is 15.4. The first-order valence-corrected chi connectivity index (χ1v) is 8.01. The fraction of sp³-hybridized carbons (Fsp3) is 0.500. The first-order chi connectivity index (χ1) is 10.0. The van der Waals surface area contributed by atoms with Crippen molar-refractivity contribution in [3.8, 4) is 0 Å². The summed E-state index contributed by atoms with van der Waals surface area (Å²) in [5.74, 6) is -1.82. The number of halogens is 1. The number of hydrogen-bond donors (Lipinski definition) is 1. The second-order valence-corrected chi connectivity index (χ2v) is 6.48. The molecule has 1 fully saturated rings. The van der Waals surface area contributed by atoms with E-state index in [-0.39, 0.29) is 11.8 Å². The normalized spacial score (nSPS) is 21.8. The highest BCUT2D eigenvalue weighted by molar-refractivity contribution is 9.10. The molecule has 4 nitrogen and oxygen atoms in total. The highest BCUT2D eigenvalue weighted by Gasteiger charge is 2.37. The van der Waals surface area contributed by atoms with Gasteiger partial charge in [0.15, 0.2) is 0 Å². The summed E-state index contributed by atoms with van der Waals surface area (Å²) in [6, 6.07) is 7.76. The summed E-state index contributed by atoms with van der Waals surface area (Å²) in [5.41, 5.74) is 1.02. The maximum atomic E-state index is 12.6. The third-order valence-corrected chi connectivity index (χ3v) is 4.92. The lowest BCUT2D eigenvalue weighted by atomic mass is 9.78. The number of carboxylic acid groups (broad SMARTS) is 1. The minimum atomic E-state index is -0.845. The number of nitrogens with zero attached hydrogens (tertiary/aromatic N) is 1. The Kier molecular flexibility index (Phi) is 5.39. The van der Waals surface area contributed by atoms with Crippen LogP contribution in [0.3, 0.4) is 0 Å². The molecule has 1 amide bonds. The maximum Gasteiger partial charge on any atom is 0.307 e. The summed E-state index contributed by atoms with van der Waals surface area (Å²) in [4.78, 5) is 25.5. The fourth-order valence-electron chi connectivity index (χ4n) is 2.97. The predicted molar refractivity (Wildman–Crippen MR) is 83.7 cm³/mol. The molecule has 2 unspecified atom stereocenters. The van der Waals surface area contributed by atoms with Gasteiger partial charge in [0.2, 0.25) is 5.91 Å². The first-order valence-electron chi connectivity index (χ1n) is 7.22. The lowest BCUT2D eigenvalue weighted by molar-refractivity contribution is -0.152. The fourth-order valence-corrected chi connectivity index (χ4v) is 3.38. The molecular weight excluding hydrogens is 334 g/mol. The van der Waals surface area contributed by atoms with Crippen LogP contribution in [-0.2, 0) is 16.1 Å². The lowest BCUT2D eigenvalue weighted by Crippen LogP contribution is -2.40. The van der Waals surface area contributed by atoms with Crippen molar-refractivity contribution in [2.24, 2.45) is 11.8 Å². The molecule has 21 heavy (non-hydrogen) atoms. The average Bonchev–Trinajstić information content (AvgIpc) is 2.48. The molecule has 2 rings (SSSR count). The second-order valence-electron chi connectivity index (χ2n) is 5.62. The average molecular weight is 354 g/mol. The van der Waals surface area contributed by atoms with Gasteiger partial charge in [0.25, 0.3) is 0 Å². The summed E-state index contributed by atoms with van der Waals surface area (Å²) in [5, 5.41) is 9.29. The van der Waals surface area contributed by atoms with Gasteiger partial charge in [-0.05, 0) is 24.5 Å². The summed E-state index contributed by atoms with van der Waals surface area (Å²) < 4.78 is 0.961. The van der Waals surface area contributed by atoms with Gasteiger partial charge in [-0.3, -0.25) is 9.59 Å². The summed E-state index contributed by atoms with van der Waals surface area (Å²) in [6.45, 7) is 0.489. The topological polar surface area (TPSA) is 57.6 Å². The van der Waals surface area contributed by atoms with Crippen molar-refractivity contribution in [3.63, 3.8) is 0 Å². The number of carbonyl (C=O) groups excluding carboxylic acids is 1. The molecule has 1 aromatic carbocycles. The molecule has 114 valence electrons. The van der Waals surface area contributed by atoms with Gasteiger partial charge < -0.3 is 10.0 Å². The van der Waals surface area contributed by atoms with E-state index in [0.29, 0.717) is 19.4 Å². The zero-order valence-corrected chi connectivity index (χ0v) is 13.7. The third kappa shape index (κ3) is 3.84. The largest absolute Gasteiger partial charge is 0.481 e. The summed E-state index contributed by atoms with van der Waals surface area (Å²) >= 11 is 3.47. The molecule has 0 radical (unpaired) electrons. The van der Waals surface area contributed by atoms with Crippen molar-refractivity contribution >= 4 is 27.8 Å². The number of amides is 1. The molecule has 0 spiro atoms. The van der Waals surface area contributed by atoms with E-state index in [2.05, 4.69) is 15.9 Å². The van der Waals surface area contributed by atoms with E-state index in [1.807, 2.05) is 24.3 Å². The molecule has 0 bridgehead atoms. The monoisotopic (exact) mass is 353 g/mol. The predicted octanol–water partition coefficient (Wildman–Crippen LogP) is 3.30. The summed E-state index contributed by atoms with van der Waals surface area (Å²) in [7, 11) is 1.75. The standard InChI is InChI=1S/C16H20BrNO3/c1-18(10-11-6-2-5-9-14(11)17)15(19)12-7-3-4-8-13(12)16(20)21/h2,5-6,9,12-13H,3-4,7-8,10H2,1H3,(H,20,21). The van der Waals surface area contributed by atoms with Gasteiger partial charge in [0.1, 0.15) is 0 Å². The SMILES string of the molecule is CN(Cc1ccccc1Br)C(=O)C1CCCCC1C(=O)O. The molecule has 2 atom stereocenters. The van der Waals surface area contributed by atoms with Crippen molar-refractivity contribution in [2.75, 3.05) is 7.05 Å². The molecular formula is C16H20BrNO3. The van der Waals surface area contributed by atoms with Crippen LogP contribution in [0, 0.1) is 11.8 Å². The van der Waals surface area contributed by atoms with E-state index >= 15 is 0 Å². The number of aliphatic carboxylic acids is 1. The number of rotatable bonds is 4. The Morgan fingerprint density at radius 1 is 1.24 bits per heavy atom. The number of benzene rings is 1. The van der Waals surface area contributed by atoms with Gasteiger partial charge in [-0.15, -0.1) is 0 Å². The van der Waals surface area contributed by atoms with E-state index < -0.39 is 11.9 Å². The Hall–Kier alpha value is -1.36. The first kappa shape index (κ1) is 16.0. The molecule has 1 aliphatic carbocycles. The number of carboxylic acids is 1. The van der Waals surface area contributed by atoms with Crippen LogP contribution < -0.4 is 0 Å². The van der Waals surface area contributed by atoms with Crippen LogP contribution in [0.15, 0.2) is 28.7 Å². The highest BCUT2D eigenvalue weighted by atomic mass is 79.9. The lowest BCUT2D eigenvalue weighted by Gasteiger charge is -2.31. The molecule has 1 aromatic rings. The Morgan fingerprint density at radius 3 is 2.48 bits per heavy atom. The van der Waals surface area contributed by atoms with Gasteiger partial charge in [-0.2, -0.15) is 0 Å². The molecule has 0 saturated heterocycles. The molecule has 5 heteroatoms. The quantitative estimate of drug-likeness (QED) is 0.903. The minimum absolute atomic E-state index is 0.0575. The Balaban J connectivity index is 2.07. The summed E-state index contributed by atoms with van der Waals surface area (Å²) in [6.07, 6.45) is 3.11. The smallest absolute Gasteiger partial charge is 0.307 e. The van der Waals surface area contributed by atoms with E-state index in [1.54, 1.807) is 11.9 Å². The van der Waals surface area contributed by atoms with Gasteiger partial charge in [0.05, 0.1) is 11.8 Å². The molecule has 0 aliphatic heterocycles. The van der Waals surface area contributed by atoms with Crippen molar-refractivity contribution in [2.45, 2.75) is 32.2 Å². The van der Waals surface area contributed by atoms with Gasteiger partial charge >= 0.3 is 5.97 Å². The second kappa shape index (κ2) is 7.07. The molecule has 0 aromatic heterocycles. The van der Waals surface area contributed by atoms with Crippen LogP contribution in [0.4, 0.5) is 0 Å². The molecule has 0 heterocycles. The van der Waals surface area contributed by atoms with Gasteiger partial charge in [-0.25, -0.2) is 0 Å². The van der Waals surface area contributed by atoms with Crippen LogP contribution in [0.5, 0.6) is 0 Å². The van der Waals surface area contributed by atoms with Crippen molar-refractivity contribution < 1.29 is 14.7 Å². The van der Waals surface area contributed by atoms with Crippen molar-refractivity contribution in [3.05, 3.63) is 34.3 Å². The minimum Gasteiger partial charge on any atom is -0.481 e. The zero-order valence-electron chi connectivity index (χ0n) is 12.1. The van der Waals surface area contributed by atoms with Crippen LogP contribution in [0.2, 0.25) is 0 Å². The van der Waals surface area contributed by atoms with E-state index in [0.717, 1.165) is 22.9 Å². The Bertz CT molecular complexity index is 532. The van der Waals surface area contributed by atoms with Gasteiger partial charge in [-0.1, -0.05) is 47.0 Å². The van der Waals surface area contributed by atoms with Crippen LogP contribution >= 0.6 is 15.9 Å². The molecule has 1 N–H and O–H groups in total. The number of hydrogen-bond acceptors (Lipinski definition) is 2. The van der Waals surface area contributed by atoms with Crippen LogP contribution in [-0.4, -0.2) is 28.9 Å². The van der Waals surface area contributed by atoms with Crippen molar-refractivity contribution in [1.29, 1.82) is 0 Å². The van der Waals surface area contributed by atoms with E-state index in [1.165, 1.54) is 0 Å². The van der Waals surface area contributed by atoms with E-state index in [4.69, 9.17) is 0 Å². The highest BCUT2D eigenvalue weighted by Crippen LogP contribution is 2.32. The maximum absolute atomic E-state index is 12.6. The van der Waals surface area contributed by atoms with Crippen LogP contribution in [0.1, 0.15) is 31.2 Å². The number of carbonyl (C=O) groups is 2. The Labute approximate surface area is 133 Å². The Morgan fingerprint density at radius 2 is 1.86 bits per heavy atom. The third-order valence-electron chi connectivity index (χ3n) is 4.14. The van der Waals surface area contributed by atoms with Crippen molar-refractivity contribution in [1.82, 2.24) is 4.90 Å².